The first-order valence-electron chi connectivity index (χ1n) is 6.10. The number of ether oxygens (including phenoxy) is 1. The maximum absolute atomic E-state index is 11.3. The number of benzene rings is 1. The molecular formula is C15H10N4O3. The van der Waals surface area contributed by atoms with Gasteiger partial charge in [-0.05, 0) is 36.4 Å². The Morgan fingerprint density at radius 1 is 1.18 bits per heavy atom. The number of nitrogens with one attached hydrogen (secondary N) is 1. The van der Waals surface area contributed by atoms with Crippen molar-refractivity contribution in [1.82, 2.24) is 0 Å². The van der Waals surface area contributed by atoms with E-state index < -0.39 is 5.97 Å². The van der Waals surface area contributed by atoms with Crippen molar-refractivity contribution in [3.63, 3.8) is 0 Å². The summed E-state index contributed by atoms with van der Waals surface area (Å²) in [6, 6.07) is 13.4. The number of carbonyl (C=O) groups is 1. The SMILES string of the molecule is COC(=O)c1ccc(-c2ccc(NN=C(C#N)C#N)cc2)o1. The number of furan rings is 1. The van der Waals surface area contributed by atoms with Crippen molar-refractivity contribution in [2.24, 2.45) is 5.10 Å². The molecule has 1 N–H and O–H groups in total. The number of nitrogens with zero attached hydrogens (tertiary/aromatic N) is 3. The van der Waals surface area contributed by atoms with Crippen LogP contribution in [0.2, 0.25) is 0 Å². The Labute approximate surface area is 126 Å². The number of carbonyl (C=O) groups excluding carboxylic acids is 1. The molecule has 0 fully saturated rings. The number of hydrogen-bond acceptors (Lipinski definition) is 7. The molecule has 7 heteroatoms. The summed E-state index contributed by atoms with van der Waals surface area (Å²) in [7, 11) is 1.28. The molecule has 0 saturated heterocycles. The molecule has 2 aromatic rings. The van der Waals surface area contributed by atoms with Crippen molar-refractivity contribution in [2.75, 3.05) is 12.5 Å². The van der Waals surface area contributed by atoms with Crippen LogP contribution < -0.4 is 5.43 Å². The zero-order valence-electron chi connectivity index (χ0n) is 11.5. The Kier molecular flexibility index (Phi) is 4.53. The minimum absolute atomic E-state index is 0.122. The van der Waals surface area contributed by atoms with Crippen molar-refractivity contribution < 1.29 is 13.9 Å². The van der Waals surface area contributed by atoms with Crippen LogP contribution in [0.5, 0.6) is 0 Å². The molecule has 2 rings (SSSR count). The first-order chi connectivity index (χ1) is 10.7. The number of hydrogen-bond donors (Lipinski definition) is 1. The molecule has 0 saturated carbocycles. The summed E-state index contributed by atoms with van der Waals surface area (Å²) in [4.78, 5) is 11.3. The number of anilines is 1. The van der Waals surface area contributed by atoms with E-state index in [2.05, 4.69) is 15.3 Å². The van der Waals surface area contributed by atoms with E-state index in [1.807, 2.05) is 0 Å². The standard InChI is InChI=1S/C15H10N4O3/c1-21-15(20)14-7-6-13(22-14)10-2-4-11(5-3-10)18-19-12(8-16)9-17/h2-7,18H,1H3. The molecule has 0 aliphatic rings. The van der Waals surface area contributed by atoms with Crippen LogP contribution >= 0.6 is 0 Å². The highest BCUT2D eigenvalue weighted by Crippen LogP contribution is 2.24. The van der Waals surface area contributed by atoms with Crippen LogP contribution in [0.15, 0.2) is 45.9 Å². The van der Waals surface area contributed by atoms with Gasteiger partial charge in [0.15, 0.2) is 0 Å². The predicted molar refractivity (Wildman–Crippen MR) is 77.8 cm³/mol. The van der Waals surface area contributed by atoms with E-state index in [4.69, 9.17) is 14.9 Å². The lowest BCUT2D eigenvalue weighted by Gasteiger charge is -2.01. The van der Waals surface area contributed by atoms with E-state index in [0.29, 0.717) is 11.4 Å². The van der Waals surface area contributed by atoms with Crippen molar-refractivity contribution in [3.05, 3.63) is 42.2 Å². The van der Waals surface area contributed by atoms with Gasteiger partial charge in [0.2, 0.25) is 11.5 Å². The van der Waals surface area contributed by atoms with Crippen molar-refractivity contribution in [2.45, 2.75) is 0 Å². The van der Waals surface area contributed by atoms with Crippen LogP contribution in [-0.4, -0.2) is 18.8 Å². The molecule has 108 valence electrons. The van der Waals surface area contributed by atoms with E-state index in [1.165, 1.54) is 13.2 Å². The summed E-state index contributed by atoms with van der Waals surface area (Å²) in [5.74, 6) is 0.0987. The average molecular weight is 294 g/mol. The molecule has 1 aromatic carbocycles. The second-order valence-corrected chi connectivity index (χ2v) is 4.03. The van der Waals surface area contributed by atoms with E-state index in [1.54, 1.807) is 42.5 Å². The number of methoxy groups -OCH3 is 1. The topological polar surface area (TPSA) is 111 Å². The van der Waals surface area contributed by atoms with Gasteiger partial charge < -0.3 is 9.15 Å². The van der Waals surface area contributed by atoms with Gasteiger partial charge in [0, 0.05) is 5.56 Å². The van der Waals surface area contributed by atoms with Gasteiger partial charge in [-0.25, -0.2) is 4.79 Å². The summed E-state index contributed by atoms with van der Waals surface area (Å²) in [6.45, 7) is 0. The quantitative estimate of drug-likeness (QED) is 0.527. The molecule has 0 bridgehead atoms. The smallest absolute Gasteiger partial charge is 0.373 e. The fourth-order valence-electron chi connectivity index (χ4n) is 1.61. The second-order valence-electron chi connectivity index (χ2n) is 4.03. The number of hydrazone groups is 1. The zero-order chi connectivity index (χ0) is 15.9. The largest absolute Gasteiger partial charge is 0.463 e. The van der Waals surface area contributed by atoms with Crippen LogP contribution in [-0.2, 0) is 4.74 Å². The van der Waals surface area contributed by atoms with E-state index in [-0.39, 0.29) is 11.5 Å². The average Bonchev–Trinajstić information content (AvgIpc) is 3.05. The molecular weight excluding hydrogens is 284 g/mol. The van der Waals surface area contributed by atoms with E-state index in [9.17, 15) is 4.79 Å². The predicted octanol–water partition coefficient (Wildman–Crippen LogP) is 2.55. The van der Waals surface area contributed by atoms with Crippen LogP contribution in [0, 0.1) is 22.7 Å². The van der Waals surface area contributed by atoms with Crippen molar-refractivity contribution in [1.29, 1.82) is 10.5 Å². The van der Waals surface area contributed by atoms with Gasteiger partial charge in [0.1, 0.15) is 17.9 Å². The van der Waals surface area contributed by atoms with Gasteiger partial charge in [0.05, 0.1) is 12.8 Å². The van der Waals surface area contributed by atoms with E-state index in [0.717, 1.165) is 5.56 Å². The van der Waals surface area contributed by atoms with Crippen molar-refractivity contribution >= 4 is 17.4 Å². The maximum Gasteiger partial charge on any atom is 0.373 e. The van der Waals surface area contributed by atoms with Crippen LogP contribution in [0.3, 0.4) is 0 Å². The third kappa shape index (κ3) is 3.30. The van der Waals surface area contributed by atoms with Gasteiger partial charge in [-0.3, -0.25) is 5.43 Å². The third-order valence-electron chi connectivity index (χ3n) is 2.67. The third-order valence-corrected chi connectivity index (χ3v) is 2.67. The van der Waals surface area contributed by atoms with Crippen LogP contribution in [0.4, 0.5) is 5.69 Å². The normalized spacial score (nSPS) is 9.23. The highest BCUT2D eigenvalue weighted by atomic mass is 16.5. The minimum Gasteiger partial charge on any atom is -0.463 e. The monoisotopic (exact) mass is 294 g/mol. The molecule has 22 heavy (non-hydrogen) atoms. The molecule has 0 radical (unpaired) electrons. The molecule has 0 spiro atoms. The molecule has 0 amide bonds. The van der Waals surface area contributed by atoms with Gasteiger partial charge in [-0.2, -0.15) is 15.6 Å². The highest BCUT2D eigenvalue weighted by molar-refractivity contribution is 6.10. The maximum atomic E-state index is 11.3. The molecule has 1 heterocycles. The second kappa shape index (κ2) is 6.73. The van der Waals surface area contributed by atoms with Crippen LogP contribution in [0.1, 0.15) is 10.6 Å². The number of rotatable bonds is 4. The first-order valence-corrected chi connectivity index (χ1v) is 6.10. The van der Waals surface area contributed by atoms with Gasteiger partial charge in [0.25, 0.3) is 0 Å². The molecule has 7 nitrogen and oxygen atoms in total. The van der Waals surface area contributed by atoms with Gasteiger partial charge >= 0.3 is 5.97 Å². The molecule has 0 aliphatic heterocycles. The summed E-state index contributed by atoms with van der Waals surface area (Å²) < 4.78 is 9.96. The fourth-order valence-corrected chi connectivity index (χ4v) is 1.61. The Hall–Kier alpha value is -3.58. The summed E-state index contributed by atoms with van der Waals surface area (Å²) in [5.41, 5.74) is 3.69. The number of esters is 1. The first kappa shape index (κ1) is 14.8. The molecule has 1 aromatic heterocycles. The number of nitriles is 2. The zero-order valence-corrected chi connectivity index (χ0v) is 11.5. The summed E-state index contributed by atoms with van der Waals surface area (Å²) in [6.07, 6.45) is 0. The molecule has 0 unspecified atom stereocenters. The fraction of sp³-hybridized carbons (Fsp3) is 0.0667. The summed E-state index contributed by atoms with van der Waals surface area (Å²) in [5, 5.41) is 20.8. The van der Waals surface area contributed by atoms with Gasteiger partial charge in [-0.15, -0.1) is 0 Å². The molecule has 0 aliphatic carbocycles. The summed E-state index contributed by atoms with van der Waals surface area (Å²) >= 11 is 0. The molecule has 0 atom stereocenters. The van der Waals surface area contributed by atoms with Gasteiger partial charge in [-0.1, -0.05) is 0 Å². The minimum atomic E-state index is -0.542. The Morgan fingerprint density at radius 2 is 1.86 bits per heavy atom. The Balaban J connectivity index is 2.14. The Morgan fingerprint density at radius 3 is 2.45 bits per heavy atom. The van der Waals surface area contributed by atoms with E-state index >= 15 is 0 Å². The lowest BCUT2D eigenvalue weighted by atomic mass is 10.1. The van der Waals surface area contributed by atoms with Crippen molar-refractivity contribution in [3.8, 4) is 23.5 Å². The highest BCUT2D eigenvalue weighted by Gasteiger charge is 2.12. The lowest BCUT2D eigenvalue weighted by molar-refractivity contribution is 0.0566. The van der Waals surface area contributed by atoms with Crippen LogP contribution in [0.25, 0.3) is 11.3 Å². The lowest BCUT2D eigenvalue weighted by Crippen LogP contribution is -1.98. The Bertz CT molecular complexity index is 775.